The fourth-order valence-corrected chi connectivity index (χ4v) is 7.62. The number of carbonyl (C=O) groups excluding carboxylic acids is 2. The minimum absolute atomic E-state index is 0.0561. The number of halogens is 2. The molecule has 2 fully saturated rings. The average molecular weight is 589 g/mol. The summed E-state index contributed by atoms with van der Waals surface area (Å²) >= 11 is 15.0. The number of aromatic nitrogens is 1. The topological polar surface area (TPSA) is 90.5 Å². The summed E-state index contributed by atoms with van der Waals surface area (Å²) < 4.78 is 5.82. The minimum Gasteiger partial charge on any atom is -0.617 e. The highest BCUT2D eigenvalue weighted by Crippen LogP contribution is 2.73. The molecule has 7 unspecified atom stereocenters. The Morgan fingerprint density at radius 1 is 1.24 bits per heavy atom. The molecule has 0 amide bonds. The molecule has 0 bridgehead atoms. The first-order chi connectivity index (χ1) is 17.4. The largest absolute Gasteiger partial charge is 0.617 e. The Bertz CT molecular complexity index is 1080. The molecule has 1 aliphatic carbocycles. The summed E-state index contributed by atoms with van der Waals surface area (Å²) in [5, 5.41) is 25.8. The van der Waals surface area contributed by atoms with Gasteiger partial charge in [-0.05, 0) is 37.2 Å². The van der Waals surface area contributed by atoms with Gasteiger partial charge in [0, 0.05) is 30.3 Å². The maximum Gasteiger partial charge on any atom is 0.309 e. The second-order valence-electron chi connectivity index (χ2n) is 12.5. The number of aliphatic hydroxyl groups excluding tert-OH is 1. The Balaban J connectivity index is 1.95. The van der Waals surface area contributed by atoms with Gasteiger partial charge >= 0.3 is 5.97 Å². The lowest BCUT2D eigenvalue weighted by Crippen LogP contribution is -2.44. The maximum absolute atomic E-state index is 13.5. The highest BCUT2D eigenvalue weighted by atomic mass is 35.5. The summed E-state index contributed by atoms with van der Waals surface area (Å²) in [5.41, 5.74) is -0.288. The van der Waals surface area contributed by atoms with E-state index in [4.69, 9.17) is 27.9 Å². The molecular formula is C29H43Cl2NO5S. The maximum atomic E-state index is 13.5. The first kappa shape index (κ1) is 31.4. The fraction of sp³-hybridized carbons (Fsp3) is 0.759. The van der Waals surface area contributed by atoms with Crippen molar-refractivity contribution < 1.29 is 24.2 Å². The second-order valence-corrected chi connectivity index (χ2v) is 14.9. The predicted octanol–water partition coefficient (Wildman–Crippen LogP) is 6.64. The van der Waals surface area contributed by atoms with E-state index in [0.717, 1.165) is 24.0 Å². The summed E-state index contributed by atoms with van der Waals surface area (Å²) in [5.74, 6) is -0.619. The molecule has 1 saturated heterocycles. The molecule has 0 spiro atoms. The van der Waals surface area contributed by atoms with Crippen LogP contribution < -0.4 is 4.73 Å². The van der Waals surface area contributed by atoms with Crippen molar-refractivity contribution in [1.29, 1.82) is 0 Å². The van der Waals surface area contributed by atoms with Crippen LogP contribution in [-0.4, -0.2) is 33.4 Å². The van der Waals surface area contributed by atoms with Gasteiger partial charge in [-0.15, -0.1) is 23.2 Å². The van der Waals surface area contributed by atoms with Crippen LogP contribution in [0.5, 0.6) is 0 Å². The molecule has 214 valence electrons. The number of alkyl halides is 2. The molecule has 1 aliphatic heterocycles. The Kier molecular flexibility index (Phi) is 9.40. The molecule has 0 radical (unpaired) electrons. The SMILES string of the molecule is C/C(=C\c1csc(C)[n+]1[O-])C1CC2C(Cl)(Cl)C2(C)CCCC(C)C(C)C(C)C(=O)C(C)(C)C(O)CC(=O)O1. The van der Waals surface area contributed by atoms with Gasteiger partial charge in [0.25, 0.3) is 0 Å². The zero-order valence-corrected chi connectivity index (χ0v) is 26.2. The number of cyclic esters (lactones) is 1. The van der Waals surface area contributed by atoms with E-state index in [9.17, 15) is 19.9 Å². The van der Waals surface area contributed by atoms with E-state index >= 15 is 0 Å². The van der Waals surface area contributed by atoms with E-state index in [0.29, 0.717) is 28.6 Å². The number of fused-ring (bicyclic) bond motifs is 1. The van der Waals surface area contributed by atoms with Crippen LogP contribution in [0.1, 0.15) is 91.3 Å². The van der Waals surface area contributed by atoms with Crippen LogP contribution in [0, 0.1) is 46.6 Å². The molecule has 6 nitrogen and oxygen atoms in total. The van der Waals surface area contributed by atoms with Gasteiger partial charge in [-0.1, -0.05) is 65.7 Å². The zero-order valence-electron chi connectivity index (χ0n) is 23.8. The number of ketones is 1. The zero-order chi connectivity index (χ0) is 28.8. The number of rotatable bonds is 2. The van der Waals surface area contributed by atoms with Crippen molar-refractivity contribution in [3.05, 3.63) is 26.9 Å². The number of carbonyl (C=O) groups is 2. The van der Waals surface area contributed by atoms with Crippen LogP contribution in [0.4, 0.5) is 0 Å². The summed E-state index contributed by atoms with van der Waals surface area (Å²) in [7, 11) is 0. The first-order valence-electron chi connectivity index (χ1n) is 13.6. The number of hydrogen-bond donors (Lipinski definition) is 1. The number of Topliss-reactive ketones (excluding diaryl/α,β-unsaturated/α-hetero) is 1. The number of aryl methyl sites for hydroxylation is 1. The number of hydrogen-bond acceptors (Lipinski definition) is 6. The van der Waals surface area contributed by atoms with Gasteiger partial charge in [-0.3, -0.25) is 9.59 Å². The quantitative estimate of drug-likeness (QED) is 0.181. The van der Waals surface area contributed by atoms with Gasteiger partial charge < -0.3 is 15.1 Å². The normalized spacial score (nSPS) is 36.9. The van der Waals surface area contributed by atoms with Crippen LogP contribution in [-0.2, 0) is 14.3 Å². The second kappa shape index (κ2) is 11.4. The van der Waals surface area contributed by atoms with Gasteiger partial charge in [0.15, 0.2) is 0 Å². The minimum atomic E-state index is -1.19. The van der Waals surface area contributed by atoms with Crippen LogP contribution in [0.25, 0.3) is 6.08 Å². The van der Waals surface area contributed by atoms with Crippen LogP contribution in [0.3, 0.4) is 0 Å². The third kappa shape index (κ3) is 5.96. The van der Waals surface area contributed by atoms with Crippen molar-refractivity contribution in [3.8, 4) is 0 Å². The van der Waals surface area contributed by atoms with E-state index in [1.807, 2.05) is 13.8 Å². The van der Waals surface area contributed by atoms with Crippen molar-refractivity contribution >= 4 is 52.4 Å². The number of ether oxygens (including phenoxy) is 1. The molecule has 2 aliphatic rings. The molecule has 1 aromatic heterocycles. The Labute approximate surface area is 241 Å². The van der Waals surface area contributed by atoms with Gasteiger partial charge in [-0.25, -0.2) is 0 Å². The average Bonchev–Trinajstić information content (AvgIpc) is 3.05. The lowest BCUT2D eigenvalue weighted by molar-refractivity contribution is -0.608. The Morgan fingerprint density at radius 2 is 1.87 bits per heavy atom. The molecule has 0 aromatic carbocycles. The summed E-state index contributed by atoms with van der Waals surface area (Å²) in [6.07, 6.45) is 2.62. The lowest BCUT2D eigenvalue weighted by Gasteiger charge is -2.35. The van der Waals surface area contributed by atoms with Gasteiger partial charge in [0.05, 0.1) is 23.3 Å². The van der Waals surface area contributed by atoms with E-state index in [-0.39, 0.29) is 35.4 Å². The molecule has 2 heterocycles. The molecule has 1 saturated carbocycles. The molecule has 1 aromatic rings. The predicted molar refractivity (Wildman–Crippen MR) is 153 cm³/mol. The van der Waals surface area contributed by atoms with Crippen molar-refractivity contribution in [2.75, 3.05) is 0 Å². The Hall–Kier alpha value is -1.15. The van der Waals surface area contributed by atoms with Gasteiger partial charge in [0.2, 0.25) is 10.7 Å². The monoisotopic (exact) mass is 587 g/mol. The third-order valence-corrected chi connectivity index (χ3v) is 11.9. The highest BCUT2D eigenvalue weighted by molar-refractivity contribution is 7.09. The van der Waals surface area contributed by atoms with Crippen LogP contribution in [0.2, 0.25) is 0 Å². The van der Waals surface area contributed by atoms with Crippen LogP contribution in [0.15, 0.2) is 11.0 Å². The summed E-state index contributed by atoms with van der Waals surface area (Å²) in [6.45, 7) is 15.2. The molecule has 38 heavy (non-hydrogen) atoms. The highest BCUT2D eigenvalue weighted by Gasteiger charge is 2.72. The molecule has 9 heteroatoms. The van der Waals surface area contributed by atoms with Crippen molar-refractivity contribution in [2.45, 2.75) is 104 Å². The summed E-state index contributed by atoms with van der Waals surface area (Å²) in [6, 6.07) is 0. The van der Waals surface area contributed by atoms with E-state index in [2.05, 4.69) is 20.8 Å². The Morgan fingerprint density at radius 3 is 2.45 bits per heavy atom. The number of esters is 1. The van der Waals surface area contributed by atoms with E-state index in [1.54, 1.807) is 32.2 Å². The number of thiazole rings is 1. The van der Waals surface area contributed by atoms with E-state index < -0.39 is 27.9 Å². The van der Waals surface area contributed by atoms with Crippen molar-refractivity contribution in [2.24, 2.45) is 34.5 Å². The van der Waals surface area contributed by atoms with Crippen molar-refractivity contribution in [3.63, 3.8) is 0 Å². The van der Waals surface area contributed by atoms with Crippen molar-refractivity contribution in [1.82, 2.24) is 0 Å². The molecule has 3 rings (SSSR count). The van der Waals surface area contributed by atoms with Gasteiger partial charge in [-0.2, -0.15) is 4.73 Å². The number of nitrogens with zero attached hydrogens (tertiary/aromatic N) is 1. The number of aliphatic hydroxyl groups is 1. The standard InChI is InChI=1S/C29H43Cl2NO5S/c1-16-10-9-11-28(8)23(29(28,30)31)13-22(17(2)12-21-15-38-20(5)32(21)36)37-25(34)14-24(33)27(6,7)26(35)19(4)18(16)3/h12,15-16,18-19,22-24,33H,9-11,13-14H2,1-8H3/b17-12+. The van der Waals surface area contributed by atoms with Gasteiger partial charge in [0.1, 0.15) is 16.2 Å². The van der Waals surface area contributed by atoms with Crippen LogP contribution >= 0.6 is 34.5 Å². The van der Waals surface area contributed by atoms with E-state index in [1.165, 1.54) is 11.3 Å². The lowest BCUT2D eigenvalue weighted by atomic mass is 9.70. The molecule has 1 N–H and O–H groups in total. The fourth-order valence-electron chi connectivity index (χ4n) is 5.96. The summed E-state index contributed by atoms with van der Waals surface area (Å²) in [4.78, 5) is 26.6. The molecule has 7 atom stereocenters. The first-order valence-corrected chi connectivity index (χ1v) is 15.2. The third-order valence-electron chi connectivity index (χ3n) is 9.65. The molecular weight excluding hydrogens is 545 g/mol. The smallest absolute Gasteiger partial charge is 0.309 e.